The predicted molar refractivity (Wildman–Crippen MR) is 72.3 cm³/mol. The summed E-state index contributed by atoms with van der Waals surface area (Å²) in [5.74, 6) is 0.825. The van der Waals surface area contributed by atoms with Crippen molar-refractivity contribution in [2.45, 2.75) is 20.3 Å². The van der Waals surface area contributed by atoms with Crippen molar-refractivity contribution in [3.8, 4) is 11.4 Å². The molecule has 2 N–H and O–H groups in total. The maximum Gasteiger partial charge on any atom is 0.144 e. The largest absolute Gasteiger partial charge is 0.494 e. The van der Waals surface area contributed by atoms with Gasteiger partial charge in [-0.05, 0) is 44.2 Å². The van der Waals surface area contributed by atoms with E-state index in [1.54, 1.807) is 7.11 Å². The summed E-state index contributed by atoms with van der Waals surface area (Å²) in [6, 6.07) is 8.13. The molecule has 4 nitrogen and oxygen atoms in total. The van der Waals surface area contributed by atoms with Gasteiger partial charge in [0.15, 0.2) is 0 Å². The average Bonchev–Trinajstić information content (AvgIpc) is 2.70. The van der Waals surface area contributed by atoms with E-state index in [0.717, 1.165) is 29.2 Å². The van der Waals surface area contributed by atoms with Gasteiger partial charge >= 0.3 is 0 Å². The van der Waals surface area contributed by atoms with E-state index in [1.165, 1.54) is 5.56 Å². The summed E-state index contributed by atoms with van der Waals surface area (Å²) in [5.41, 5.74) is 9.82. The van der Waals surface area contributed by atoms with E-state index in [2.05, 4.69) is 24.2 Å². The number of methoxy groups -OCH3 is 1. The van der Waals surface area contributed by atoms with Crippen molar-refractivity contribution in [2.24, 2.45) is 5.73 Å². The summed E-state index contributed by atoms with van der Waals surface area (Å²) in [5, 5.41) is 4.58. The van der Waals surface area contributed by atoms with Crippen molar-refractivity contribution in [1.29, 1.82) is 0 Å². The monoisotopic (exact) mass is 245 g/mol. The molecule has 0 aliphatic carbocycles. The van der Waals surface area contributed by atoms with E-state index in [9.17, 15) is 0 Å². The lowest BCUT2D eigenvalue weighted by Crippen LogP contribution is -2.05. The Morgan fingerprint density at radius 1 is 1.28 bits per heavy atom. The molecule has 1 aromatic heterocycles. The molecule has 0 saturated carbocycles. The van der Waals surface area contributed by atoms with Gasteiger partial charge in [-0.25, -0.2) is 4.68 Å². The van der Waals surface area contributed by atoms with Crippen molar-refractivity contribution in [3.63, 3.8) is 0 Å². The summed E-state index contributed by atoms with van der Waals surface area (Å²) < 4.78 is 7.31. The van der Waals surface area contributed by atoms with Crippen LogP contribution >= 0.6 is 0 Å². The zero-order chi connectivity index (χ0) is 13.1. The fraction of sp³-hybridized carbons (Fsp3) is 0.357. The second-order valence-corrected chi connectivity index (χ2v) is 4.40. The first-order valence-corrected chi connectivity index (χ1v) is 6.06. The molecule has 0 saturated heterocycles. The number of nitrogens with two attached hydrogens (primary N) is 1. The van der Waals surface area contributed by atoms with E-state index in [4.69, 9.17) is 10.5 Å². The standard InChI is InChI=1S/C14H19N3O/c1-10-4-5-14(18-3)13(8-10)17-11(2)9-12(16-17)6-7-15/h4-5,8-9H,6-7,15H2,1-3H3. The third-order valence-corrected chi connectivity index (χ3v) is 2.90. The SMILES string of the molecule is COc1ccc(C)cc1-n1nc(CCN)cc1C. The number of aromatic nitrogens is 2. The average molecular weight is 245 g/mol. The van der Waals surface area contributed by atoms with Crippen LogP contribution in [0.15, 0.2) is 24.3 Å². The quantitative estimate of drug-likeness (QED) is 0.896. The zero-order valence-corrected chi connectivity index (χ0v) is 11.1. The van der Waals surface area contributed by atoms with Gasteiger partial charge in [0.2, 0.25) is 0 Å². The molecule has 0 spiro atoms. The molecular formula is C14H19N3O. The number of aryl methyl sites for hydroxylation is 2. The number of rotatable bonds is 4. The van der Waals surface area contributed by atoms with Crippen LogP contribution in [0.1, 0.15) is 17.0 Å². The Balaban J connectivity index is 2.50. The molecule has 2 aromatic rings. The number of hydrogen-bond donors (Lipinski definition) is 1. The lowest BCUT2D eigenvalue weighted by molar-refractivity contribution is 0.411. The molecule has 0 unspecified atom stereocenters. The summed E-state index contributed by atoms with van der Waals surface area (Å²) >= 11 is 0. The predicted octanol–water partition coefficient (Wildman–Crippen LogP) is 2.00. The first-order valence-electron chi connectivity index (χ1n) is 6.06. The molecule has 18 heavy (non-hydrogen) atoms. The van der Waals surface area contributed by atoms with Gasteiger partial charge in [-0.1, -0.05) is 6.07 Å². The molecule has 0 atom stereocenters. The second-order valence-electron chi connectivity index (χ2n) is 4.40. The van der Waals surface area contributed by atoms with Crippen LogP contribution in [0.3, 0.4) is 0 Å². The first-order chi connectivity index (χ1) is 8.65. The summed E-state index contributed by atoms with van der Waals surface area (Å²) in [6.07, 6.45) is 0.794. The molecule has 1 heterocycles. The Bertz CT molecular complexity index is 546. The van der Waals surface area contributed by atoms with Gasteiger partial charge in [0.05, 0.1) is 12.8 Å². The van der Waals surface area contributed by atoms with Crippen molar-refractivity contribution in [1.82, 2.24) is 9.78 Å². The molecule has 0 bridgehead atoms. The molecule has 0 fully saturated rings. The van der Waals surface area contributed by atoms with Gasteiger partial charge in [-0.15, -0.1) is 0 Å². The molecule has 96 valence electrons. The second kappa shape index (κ2) is 5.23. The van der Waals surface area contributed by atoms with Crippen LogP contribution in [-0.2, 0) is 6.42 Å². The Morgan fingerprint density at radius 2 is 2.06 bits per heavy atom. The van der Waals surface area contributed by atoms with Gasteiger partial charge in [-0.2, -0.15) is 5.10 Å². The van der Waals surface area contributed by atoms with Gasteiger partial charge in [-0.3, -0.25) is 0 Å². The first kappa shape index (κ1) is 12.6. The van der Waals surface area contributed by atoms with Crippen LogP contribution in [0, 0.1) is 13.8 Å². The van der Waals surface area contributed by atoms with Crippen LogP contribution in [-0.4, -0.2) is 23.4 Å². The van der Waals surface area contributed by atoms with Gasteiger partial charge in [0.1, 0.15) is 11.4 Å². The highest BCUT2D eigenvalue weighted by Gasteiger charge is 2.10. The van der Waals surface area contributed by atoms with Crippen LogP contribution in [0.25, 0.3) is 5.69 Å². The van der Waals surface area contributed by atoms with Crippen LogP contribution < -0.4 is 10.5 Å². The Kier molecular flexibility index (Phi) is 3.67. The Hall–Kier alpha value is -1.81. The maximum absolute atomic E-state index is 5.56. The molecule has 0 aliphatic heterocycles. The smallest absolute Gasteiger partial charge is 0.144 e. The molecule has 0 amide bonds. The van der Waals surface area contributed by atoms with E-state index in [-0.39, 0.29) is 0 Å². The number of hydrogen-bond acceptors (Lipinski definition) is 3. The van der Waals surface area contributed by atoms with Crippen LogP contribution in [0.2, 0.25) is 0 Å². The Labute approximate surface area is 107 Å². The highest BCUT2D eigenvalue weighted by molar-refractivity contribution is 5.49. The zero-order valence-electron chi connectivity index (χ0n) is 11.1. The van der Waals surface area contributed by atoms with Gasteiger partial charge < -0.3 is 10.5 Å². The number of benzene rings is 1. The maximum atomic E-state index is 5.56. The third-order valence-electron chi connectivity index (χ3n) is 2.90. The fourth-order valence-electron chi connectivity index (χ4n) is 2.02. The number of ether oxygens (including phenoxy) is 1. The van der Waals surface area contributed by atoms with Crippen LogP contribution in [0.4, 0.5) is 0 Å². The minimum atomic E-state index is 0.613. The van der Waals surface area contributed by atoms with Crippen LogP contribution in [0.5, 0.6) is 5.75 Å². The van der Waals surface area contributed by atoms with Crippen molar-refractivity contribution < 1.29 is 4.74 Å². The molecule has 0 aliphatic rings. The lowest BCUT2D eigenvalue weighted by Gasteiger charge is -2.11. The van der Waals surface area contributed by atoms with E-state index >= 15 is 0 Å². The molecule has 1 aromatic carbocycles. The van der Waals surface area contributed by atoms with Gasteiger partial charge in [0, 0.05) is 12.1 Å². The molecule has 2 rings (SSSR count). The highest BCUT2D eigenvalue weighted by Crippen LogP contribution is 2.25. The topological polar surface area (TPSA) is 53.1 Å². The molecule has 4 heteroatoms. The summed E-state index contributed by atoms with van der Waals surface area (Å²) in [7, 11) is 1.67. The van der Waals surface area contributed by atoms with Gasteiger partial charge in [0.25, 0.3) is 0 Å². The normalized spacial score (nSPS) is 10.7. The fourth-order valence-corrected chi connectivity index (χ4v) is 2.02. The third kappa shape index (κ3) is 2.38. The van der Waals surface area contributed by atoms with Crippen molar-refractivity contribution in [3.05, 3.63) is 41.2 Å². The van der Waals surface area contributed by atoms with Crippen molar-refractivity contribution >= 4 is 0 Å². The minimum absolute atomic E-state index is 0.613. The minimum Gasteiger partial charge on any atom is -0.494 e. The summed E-state index contributed by atoms with van der Waals surface area (Å²) in [6.45, 7) is 4.71. The van der Waals surface area contributed by atoms with E-state index < -0.39 is 0 Å². The summed E-state index contributed by atoms with van der Waals surface area (Å²) in [4.78, 5) is 0. The molecule has 0 radical (unpaired) electrons. The van der Waals surface area contributed by atoms with E-state index in [1.807, 2.05) is 23.7 Å². The van der Waals surface area contributed by atoms with E-state index in [0.29, 0.717) is 6.54 Å². The lowest BCUT2D eigenvalue weighted by atomic mass is 10.2. The number of nitrogens with zero attached hydrogens (tertiary/aromatic N) is 2. The molecular weight excluding hydrogens is 226 g/mol. The highest BCUT2D eigenvalue weighted by atomic mass is 16.5. The Morgan fingerprint density at radius 3 is 2.72 bits per heavy atom. The van der Waals surface area contributed by atoms with Crippen molar-refractivity contribution in [2.75, 3.05) is 13.7 Å².